The molecule has 1 atom stereocenters. The van der Waals surface area contributed by atoms with Gasteiger partial charge in [0.15, 0.2) is 0 Å². The van der Waals surface area contributed by atoms with Crippen LogP contribution < -0.4 is 0 Å². The van der Waals surface area contributed by atoms with Crippen molar-refractivity contribution in [2.24, 2.45) is 0 Å². The lowest BCUT2D eigenvalue weighted by Gasteiger charge is -2.32. The molecule has 1 fully saturated rings. The molecule has 6 nitrogen and oxygen atoms in total. The van der Waals surface area contributed by atoms with Crippen molar-refractivity contribution in [1.29, 1.82) is 5.26 Å². The van der Waals surface area contributed by atoms with Gasteiger partial charge in [-0.25, -0.2) is 8.42 Å². The van der Waals surface area contributed by atoms with Gasteiger partial charge in [-0.2, -0.15) is 9.57 Å². The number of rotatable bonds is 4. The average molecular weight is 308 g/mol. The molecule has 0 amide bonds. The maximum absolute atomic E-state index is 12.7. The van der Waals surface area contributed by atoms with Gasteiger partial charge in [-0.1, -0.05) is 6.92 Å². The number of hydrogen-bond acceptors (Lipinski definition) is 4. The lowest BCUT2D eigenvalue weighted by molar-refractivity contribution is -0.147. The molecule has 1 aromatic rings. The van der Waals surface area contributed by atoms with E-state index in [1.165, 1.54) is 24.3 Å². The highest BCUT2D eigenvalue weighted by atomic mass is 32.2. The van der Waals surface area contributed by atoms with Crippen LogP contribution in [0.3, 0.4) is 0 Å². The zero-order chi connectivity index (χ0) is 15.7. The third-order valence-corrected chi connectivity index (χ3v) is 5.96. The van der Waals surface area contributed by atoms with Crippen LogP contribution in [0.4, 0.5) is 0 Å². The molecule has 1 aliphatic heterocycles. The molecule has 1 unspecified atom stereocenters. The van der Waals surface area contributed by atoms with E-state index in [9.17, 15) is 18.3 Å². The van der Waals surface area contributed by atoms with Crippen LogP contribution in [-0.4, -0.2) is 35.9 Å². The molecule has 7 heteroatoms. The standard InChI is InChI=1S/C14H16N2O4S/c1-2-14(13(17)18)8-3-9-16(14)21(19,20)12-6-4-11(10-15)5-7-12/h4-7H,2-3,8-9H2,1H3,(H,17,18). The first-order valence-electron chi connectivity index (χ1n) is 6.65. The summed E-state index contributed by atoms with van der Waals surface area (Å²) in [6.45, 7) is 1.88. The summed E-state index contributed by atoms with van der Waals surface area (Å²) in [7, 11) is -3.89. The number of benzene rings is 1. The van der Waals surface area contributed by atoms with Crippen molar-refractivity contribution in [2.75, 3.05) is 6.54 Å². The third-order valence-electron chi connectivity index (χ3n) is 3.98. The van der Waals surface area contributed by atoms with E-state index in [-0.39, 0.29) is 17.9 Å². The van der Waals surface area contributed by atoms with Gasteiger partial charge in [-0.3, -0.25) is 4.79 Å². The smallest absolute Gasteiger partial charge is 0.325 e. The van der Waals surface area contributed by atoms with Crippen LogP contribution in [0.5, 0.6) is 0 Å². The molecule has 21 heavy (non-hydrogen) atoms. The van der Waals surface area contributed by atoms with Crippen molar-refractivity contribution in [3.63, 3.8) is 0 Å². The van der Waals surface area contributed by atoms with E-state index in [4.69, 9.17) is 5.26 Å². The highest BCUT2D eigenvalue weighted by Gasteiger charge is 2.51. The number of nitriles is 1. The summed E-state index contributed by atoms with van der Waals surface area (Å²) in [5, 5.41) is 18.2. The number of carboxylic acids is 1. The van der Waals surface area contributed by atoms with Crippen molar-refractivity contribution >= 4 is 16.0 Å². The summed E-state index contributed by atoms with van der Waals surface area (Å²) < 4.78 is 26.5. The number of sulfonamides is 1. The Balaban J connectivity index is 2.47. The van der Waals surface area contributed by atoms with Gasteiger partial charge in [0.25, 0.3) is 0 Å². The van der Waals surface area contributed by atoms with Gasteiger partial charge in [0, 0.05) is 6.54 Å². The number of carbonyl (C=O) groups is 1. The largest absolute Gasteiger partial charge is 0.480 e. The van der Waals surface area contributed by atoms with E-state index >= 15 is 0 Å². The molecule has 1 N–H and O–H groups in total. The molecule has 1 heterocycles. The van der Waals surface area contributed by atoms with Crippen molar-refractivity contribution in [3.05, 3.63) is 29.8 Å². The Kier molecular flexibility index (Phi) is 4.03. The SMILES string of the molecule is CCC1(C(=O)O)CCCN1S(=O)(=O)c1ccc(C#N)cc1. The Labute approximate surface area is 123 Å². The number of nitrogens with zero attached hydrogens (tertiary/aromatic N) is 2. The van der Waals surface area contributed by atoms with Crippen molar-refractivity contribution in [3.8, 4) is 6.07 Å². The Morgan fingerprint density at radius 3 is 2.52 bits per heavy atom. The van der Waals surface area contributed by atoms with Gasteiger partial charge < -0.3 is 5.11 Å². The summed E-state index contributed by atoms with van der Waals surface area (Å²) in [5.74, 6) is -1.11. The topological polar surface area (TPSA) is 98.5 Å². The zero-order valence-corrected chi connectivity index (χ0v) is 12.4. The lowest BCUT2D eigenvalue weighted by atomic mass is 9.95. The molecule has 1 aliphatic rings. The second kappa shape index (κ2) is 5.47. The molecular weight excluding hydrogens is 292 g/mol. The quantitative estimate of drug-likeness (QED) is 0.910. The number of carboxylic acid groups (broad SMARTS) is 1. The lowest BCUT2D eigenvalue weighted by Crippen LogP contribution is -2.52. The van der Waals surface area contributed by atoms with E-state index in [2.05, 4.69) is 0 Å². The van der Waals surface area contributed by atoms with Crippen LogP contribution in [0.2, 0.25) is 0 Å². The van der Waals surface area contributed by atoms with E-state index < -0.39 is 21.5 Å². The Morgan fingerprint density at radius 1 is 1.43 bits per heavy atom. The van der Waals surface area contributed by atoms with Gasteiger partial charge in [-0.15, -0.1) is 0 Å². The maximum atomic E-state index is 12.7. The third kappa shape index (κ3) is 2.41. The van der Waals surface area contributed by atoms with Crippen LogP contribution in [0, 0.1) is 11.3 Å². The fourth-order valence-electron chi connectivity index (χ4n) is 2.75. The van der Waals surface area contributed by atoms with Crippen molar-refractivity contribution in [2.45, 2.75) is 36.6 Å². The van der Waals surface area contributed by atoms with Crippen molar-refractivity contribution in [1.82, 2.24) is 4.31 Å². The van der Waals surface area contributed by atoms with E-state index in [0.29, 0.717) is 18.4 Å². The van der Waals surface area contributed by atoms with Gasteiger partial charge in [0.2, 0.25) is 10.0 Å². The van der Waals surface area contributed by atoms with E-state index in [0.717, 1.165) is 4.31 Å². The Hall–Kier alpha value is -1.91. The van der Waals surface area contributed by atoms with Crippen LogP contribution in [0.1, 0.15) is 31.7 Å². The summed E-state index contributed by atoms with van der Waals surface area (Å²) >= 11 is 0. The molecule has 2 rings (SSSR count). The minimum atomic E-state index is -3.89. The molecule has 0 radical (unpaired) electrons. The first kappa shape index (κ1) is 15.5. The van der Waals surface area contributed by atoms with Crippen LogP contribution in [0.25, 0.3) is 0 Å². The normalized spacial score (nSPS) is 22.9. The highest BCUT2D eigenvalue weighted by molar-refractivity contribution is 7.89. The molecule has 1 saturated heterocycles. The van der Waals surface area contributed by atoms with E-state index in [1.54, 1.807) is 6.92 Å². The van der Waals surface area contributed by atoms with Gasteiger partial charge in [0.1, 0.15) is 5.54 Å². The fraction of sp³-hybridized carbons (Fsp3) is 0.429. The highest BCUT2D eigenvalue weighted by Crippen LogP contribution is 2.37. The Bertz CT molecular complexity index is 691. The molecule has 0 bridgehead atoms. The van der Waals surface area contributed by atoms with Crippen LogP contribution in [0.15, 0.2) is 29.2 Å². The molecule has 1 aromatic carbocycles. The Morgan fingerprint density at radius 2 is 2.05 bits per heavy atom. The maximum Gasteiger partial charge on any atom is 0.325 e. The molecule has 0 aromatic heterocycles. The first-order valence-corrected chi connectivity index (χ1v) is 8.09. The number of hydrogen-bond donors (Lipinski definition) is 1. The summed E-state index contributed by atoms with van der Waals surface area (Å²) in [6.07, 6.45) is 1.06. The van der Waals surface area contributed by atoms with Gasteiger partial charge >= 0.3 is 5.97 Å². The summed E-state index contributed by atoms with van der Waals surface area (Å²) in [6, 6.07) is 7.43. The average Bonchev–Trinajstić information content (AvgIpc) is 2.93. The molecule has 0 aliphatic carbocycles. The fourth-order valence-corrected chi connectivity index (χ4v) is 4.61. The second-order valence-corrected chi connectivity index (χ2v) is 6.87. The number of aliphatic carboxylic acids is 1. The van der Waals surface area contributed by atoms with Crippen LogP contribution >= 0.6 is 0 Å². The second-order valence-electron chi connectivity index (χ2n) is 5.01. The minimum absolute atomic E-state index is 0.0162. The van der Waals surface area contributed by atoms with Gasteiger partial charge in [0.05, 0.1) is 16.5 Å². The first-order chi connectivity index (χ1) is 9.88. The van der Waals surface area contributed by atoms with E-state index in [1.807, 2.05) is 6.07 Å². The predicted molar refractivity (Wildman–Crippen MR) is 74.9 cm³/mol. The minimum Gasteiger partial charge on any atom is -0.480 e. The summed E-state index contributed by atoms with van der Waals surface area (Å²) in [4.78, 5) is 11.6. The molecule has 0 saturated carbocycles. The molecule has 0 spiro atoms. The van der Waals surface area contributed by atoms with Crippen molar-refractivity contribution < 1.29 is 18.3 Å². The summed E-state index contributed by atoms with van der Waals surface area (Å²) in [5.41, 5.74) is -1.01. The molecule has 112 valence electrons. The predicted octanol–water partition coefficient (Wildman–Crippen LogP) is 1.58. The molecular formula is C14H16N2O4S. The van der Waals surface area contributed by atoms with Crippen LogP contribution in [-0.2, 0) is 14.8 Å². The zero-order valence-electron chi connectivity index (χ0n) is 11.6. The van der Waals surface area contributed by atoms with Gasteiger partial charge in [-0.05, 0) is 43.5 Å². The monoisotopic (exact) mass is 308 g/mol.